The molecule has 158 valence electrons. The van der Waals surface area contributed by atoms with E-state index in [2.05, 4.69) is 23.7 Å². The number of aryl methyl sites for hydroxylation is 2. The second-order valence-corrected chi connectivity index (χ2v) is 9.86. The normalized spacial score (nSPS) is 22.0. The molecule has 0 unspecified atom stereocenters. The van der Waals surface area contributed by atoms with E-state index in [4.69, 9.17) is 9.47 Å². The topological polar surface area (TPSA) is 54.9 Å². The third-order valence-electron chi connectivity index (χ3n) is 6.25. The lowest BCUT2D eigenvalue weighted by molar-refractivity contribution is 0.0367. The van der Waals surface area contributed by atoms with Gasteiger partial charge in [0.1, 0.15) is 4.88 Å². The van der Waals surface area contributed by atoms with Crippen molar-refractivity contribution in [2.45, 2.75) is 59.1 Å². The van der Waals surface area contributed by atoms with Gasteiger partial charge in [-0.05, 0) is 52.4 Å². The fourth-order valence-electron chi connectivity index (χ4n) is 4.45. The lowest BCUT2D eigenvalue weighted by atomic mass is 9.76. The maximum atomic E-state index is 12.9. The number of likely N-dealkylation sites (tertiary alicyclic amines) is 1. The summed E-state index contributed by atoms with van der Waals surface area (Å²) in [6.07, 6.45) is 3.45. The van der Waals surface area contributed by atoms with E-state index >= 15 is 0 Å². The Labute approximate surface area is 173 Å². The lowest BCUT2D eigenvalue weighted by Gasteiger charge is -2.38. The van der Waals surface area contributed by atoms with Gasteiger partial charge in [-0.15, -0.1) is 11.3 Å². The molecule has 7 heteroatoms. The number of methoxy groups -OCH3 is 1. The molecule has 0 saturated carbocycles. The summed E-state index contributed by atoms with van der Waals surface area (Å²) in [7, 11) is 1.75. The van der Waals surface area contributed by atoms with E-state index in [1.165, 1.54) is 11.3 Å². The van der Waals surface area contributed by atoms with Crippen LogP contribution in [0.4, 0.5) is 0 Å². The number of rotatable bonds is 7. The van der Waals surface area contributed by atoms with Gasteiger partial charge in [-0.3, -0.25) is 9.69 Å². The van der Waals surface area contributed by atoms with E-state index < -0.39 is 0 Å². The van der Waals surface area contributed by atoms with Crippen LogP contribution in [0.25, 0.3) is 0 Å². The zero-order chi connectivity index (χ0) is 20.3. The zero-order valence-corrected chi connectivity index (χ0v) is 18.8. The number of piperidine rings is 1. The first-order valence-electron chi connectivity index (χ1n) is 10.4. The monoisotopic (exact) mass is 409 g/mol. The van der Waals surface area contributed by atoms with Crippen LogP contribution in [0, 0.1) is 19.3 Å². The highest BCUT2D eigenvalue weighted by Crippen LogP contribution is 2.42. The van der Waals surface area contributed by atoms with Crippen molar-refractivity contribution in [2.75, 3.05) is 46.5 Å². The predicted octanol–water partition coefficient (Wildman–Crippen LogP) is 3.13. The number of carbonyl (C=O) groups excluding carboxylic acids is 1. The van der Waals surface area contributed by atoms with Gasteiger partial charge in [-0.2, -0.15) is 0 Å². The Kier molecular flexibility index (Phi) is 7.12. The molecule has 0 N–H and O–H groups in total. The molecule has 6 nitrogen and oxygen atoms in total. The molecule has 3 heterocycles. The number of hydrogen-bond acceptors (Lipinski definition) is 6. The van der Waals surface area contributed by atoms with E-state index in [1.807, 2.05) is 18.7 Å². The molecule has 2 saturated heterocycles. The van der Waals surface area contributed by atoms with Gasteiger partial charge in [0.05, 0.1) is 30.0 Å². The first-order valence-corrected chi connectivity index (χ1v) is 11.2. The minimum absolute atomic E-state index is 0.152. The summed E-state index contributed by atoms with van der Waals surface area (Å²) >= 11 is 1.51. The van der Waals surface area contributed by atoms with Gasteiger partial charge in [-0.25, -0.2) is 4.98 Å². The molecule has 1 atom stereocenters. The molecule has 2 aliphatic heterocycles. The van der Waals surface area contributed by atoms with Crippen LogP contribution in [0.15, 0.2) is 0 Å². The van der Waals surface area contributed by atoms with Crippen molar-refractivity contribution in [2.24, 2.45) is 5.41 Å². The Hall–Kier alpha value is -1.02. The molecule has 2 fully saturated rings. The van der Waals surface area contributed by atoms with E-state index in [9.17, 15) is 4.79 Å². The van der Waals surface area contributed by atoms with Crippen molar-refractivity contribution in [3.63, 3.8) is 0 Å². The Morgan fingerprint density at radius 1 is 1.39 bits per heavy atom. The number of thiazole rings is 1. The standard InChI is InChI=1S/C21H35N3O3S/c1-15(2)24(10-11-26-5)13-18-12-21(14-27-18)6-8-23(9-7-21)20(25)19-16(3)22-17(4)28-19/h15,18H,6-14H2,1-5H3/t18-/m1/s1. The molecule has 0 radical (unpaired) electrons. The van der Waals surface area contributed by atoms with Gasteiger partial charge in [0.2, 0.25) is 0 Å². The second kappa shape index (κ2) is 9.20. The van der Waals surface area contributed by atoms with Crippen LogP contribution in [0.5, 0.6) is 0 Å². The van der Waals surface area contributed by atoms with Gasteiger partial charge in [0.15, 0.2) is 0 Å². The molecular weight excluding hydrogens is 374 g/mol. The number of aromatic nitrogens is 1. The molecule has 1 aromatic rings. The highest BCUT2D eigenvalue weighted by atomic mass is 32.1. The van der Waals surface area contributed by atoms with E-state index in [0.717, 1.165) is 74.2 Å². The molecule has 1 amide bonds. The van der Waals surface area contributed by atoms with Crippen molar-refractivity contribution < 1.29 is 14.3 Å². The first-order chi connectivity index (χ1) is 13.3. The predicted molar refractivity (Wildman–Crippen MR) is 112 cm³/mol. The molecule has 2 aliphatic rings. The van der Waals surface area contributed by atoms with Gasteiger partial charge in [-0.1, -0.05) is 0 Å². The minimum atomic E-state index is 0.152. The van der Waals surface area contributed by atoms with Crippen LogP contribution in [0.2, 0.25) is 0 Å². The lowest BCUT2D eigenvalue weighted by Crippen LogP contribution is -2.44. The van der Waals surface area contributed by atoms with Crippen LogP contribution >= 0.6 is 11.3 Å². The number of ether oxygens (including phenoxy) is 2. The maximum absolute atomic E-state index is 12.9. The average molecular weight is 410 g/mol. The minimum Gasteiger partial charge on any atom is -0.383 e. The van der Waals surface area contributed by atoms with Crippen molar-refractivity contribution >= 4 is 17.2 Å². The van der Waals surface area contributed by atoms with E-state index in [1.54, 1.807) is 7.11 Å². The smallest absolute Gasteiger partial charge is 0.265 e. The van der Waals surface area contributed by atoms with Crippen molar-refractivity contribution in [1.29, 1.82) is 0 Å². The zero-order valence-electron chi connectivity index (χ0n) is 18.0. The largest absolute Gasteiger partial charge is 0.383 e. The SMILES string of the molecule is COCCN(C[C@H]1CC2(CCN(C(=O)c3sc(C)nc3C)CC2)CO1)C(C)C. The van der Waals surface area contributed by atoms with Crippen molar-refractivity contribution in [3.05, 3.63) is 15.6 Å². The molecular formula is C21H35N3O3S. The molecule has 0 bridgehead atoms. The van der Waals surface area contributed by atoms with Gasteiger partial charge < -0.3 is 14.4 Å². The number of carbonyl (C=O) groups is 1. The molecule has 0 aromatic carbocycles. The van der Waals surface area contributed by atoms with E-state index in [-0.39, 0.29) is 17.4 Å². The average Bonchev–Trinajstić information content (AvgIpc) is 3.21. The van der Waals surface area contributed by atoms with Crippen LogP contribution in [-0.2, 0) is 9.47 Å². The summed E-state index contributed by atoms with van der Waals surface area (Å²) in [4.78, 5) is 22.5. The summed E-state index contributed by atoms with van der Waals surface area (Å²) in [5, 5.41) is 0.963. The van der Waals surface area contributed by atoms with Crippen molar-refractivity contribution in [3.8, 4) is 0 Å². The molecule has 3 rings (SSSR count). The van der Waals surface area contributed by atoms with Crippen LogP contribution < -0.4 is 0 Å². The number of amides is 1. The number of nitrogens with zero attached hydrogens (tertiary/aromatic N) is 3. The van der Waals surface area contributed by atoms with Gasteiger partial charge >= 0.3 is 0 Å². The third-order valence-corrected chi connectivity index (χ3v) is 7.31. The summed E-state index contributed by atoms with van der Waals surface area (Å²) in [6, 6.07) is 0.487. The summed E-state index contributed by atoms with van der Waals surface area (Å²) in [6.45, 7) is 13.5. The van der Waals surface area contributed by atoms with Crippen LogP contribution in [0.1, 0.15) is 53.5 Å². The molecule has 1 spiro atoms. The maximum Gasteiger partial charge on any atom is 0.265 e. The summed E-state index contributed by atoms with van der Waals surface area (Å²) in [5.74, 6) is 0.152. The fourth-order valence-corrected chi connectivity index (χ4v) is 5.34. The molecule has 1 aromatic heterocycles. The van der Waals surface area contributed by atoms with Crippen LogP contribution in [-0.4, -0.2) is 79.3 Å². The highest BCUT2D eigenvalue weighted by molar-refractivity contribution is 7.13. The second-order valence-electron chi connectivity index (χ2n) is 8.66. The Morgan fingerprint density at radius 3 is 2.68 bits per heavy atom. The summed E-state index contributed by atoms with van der Waals surface area (Å²) < 4.78 is 11.5. The Bertz CT molecular complexity index is 668. The fraction of sp³-hybridized carbons (Fsp3) is 0.810. The Balaban J connectivity index is 1.53. The molecule has 0 aliphatic carbocycles. The quantitative estimate of drug-likeness (QED) is 0.693. The molecule has 28 heavy (non-hydrogen) atoms. The van der Waals surface area contributed by atoms with Gasteiger partial charge in [0, 0.05) is 39.3 Å². The third kappa shape index (κ3) is 4.93. The number of hydrogen-bond donors (Lipinski definition) is 0. The van der Waals surface area contributed by atoms with E-state index in [0.29, 0.717) is 6.04 Å². The van der Waals surface area contributed by atoms with Gasteiger partial charge in [0.25, 0.3) is 5.91 Å². The van der Waals surface area contributed by atoms with Crippen molar-refractivity contribution in [1.82, 2.24) is 14.8 Å². The highest BCUT2D eigenvalue weighted by Gasteiger charge is 2.43. The summed E-state index contributed by atoms with van der Waals surface area (Å²) in [5.41, 5.74) is 1.10. The first kappa shape index (κ1) is 21.7. The van der Waals surface area contributed by atoms with Crippen LogP contribution in [0.3, 0.4) is 0 Å². The Morgan fingerprint density at radius 2 is 2.11 bits per heavy atom.